The van der Waals surface area contributed by atoms with Crippen molar-refractivity contribution in [3.05, 3.63) is 65.7 Å². The van der Waals surface area contributed by atoms with E-state index < -0.39 is 0 Å². The molecule has 1 unspecified atom stereocenters. The lowest BCUT2D eigenvalue weighted by molar-refractivity contribution is 0.354. The summed E-state index contributed by atoms with van der Waals surface area (Å²) in [6, 6.07) is 19.0. The van der Waals surface area contributed by atoms with Gasteiger partial charge in [-0.3, -0.25) is 0 Å². The molecule has 2 heteroatoms. The van der Waals surface area contributed by atoms with Gasteiger partial charge in [-0.1, -0.05) is 55.3 Å². The number of hydrogen-bond acceptors (Lipinski definition) is 2. The van der Waals surface area contributed by atoms with Gasteiger partial charge in [0.25, 0.3) is 0 Å². The van der Waals surface area contributed by atoms with Crippen LogP contribution in [0.25, 0.3) is 0 Å². The van der Waals surface area contributed by atoms with Crippen LogP contribution >= 0.6 is 0 Å². The van der Waals surface area contributed by atoms with Crippen LogP contribution in [-0.4, -0.2) is 7.11 Å². The van der Waals surface area contributed by atoms with Crippen LogP contribution in [0.1, 0.15) is 42.9 Å². The van der Waals surface area contributed by atoms with E-state index in [0.717, 1.165) is 18.6 Å². The van der Waals surface area contributed by atoms with E-state index in [4.69, 9.17) is 10.5 Å². The van der Waals surface area contributed by atoms with Crippen molar-refractivity contribution in [1.29, 1.82) is 0 Å². The molecule has 2 nitrogen and oxygen atoms in total. The zero-order chi connectivity index (χ0) is 14.7. The Labute approximate surface area is 126 Å². The van der Waals surface area contributed by atoms with Crippen LogP contribution in [0.15, 0.2) is 54.6 Å². The highest BCUT2D eigenvalue weighted by molar-refractivity contribution is 5.37. The molecule has 0 spiro atoms. The largest absolute Gasteiger partial charge is 0.497 e. The van der Waals surface area contributed by atoms with Crippen molar-refractivity contribution in [2.45, 2.75) is 37.1 Å². The minimum absolute atomic E-state index is 0.0116. The van der Waals surface area contributed by atoms with E-state index in [1.807, 2.05) is 12.1 Å². The molecule has 2 N–H and O–H groups in total. The Morgan fingerprint density at radius 1 is 1.00 bits per heavy atom. The molecule has 0 bridgehead atoms. The first-order valence-electron chi connectivity index (χ1n) is 7.71. The van der Waals surface area contributed by atoms with E-state index in [-0.39, 0.29) is 11.5 Å². The first-order valence-corrected chi connectivity index (χ1v) is 7.71. The highest BCUT2D eigenvalue weighted by Gasteiger charge is 2.41. The molecule has 2 aromatic rings. The Hall–Kier alpha value is -1.80. The van der Waals surface area contributed by atoms with Crippen molar-refractivity contribution >= 4 is 0 Å². The topological polar surface area (TPSA) is 35.2 Å². The lowest BCUT2D eigenvalue weighted by atomic mass is 9.71. The van der Waals surface area contributed by atoms with Gasteiger partial charge in [-0.25, -0.2) is 0 Å². The van der Waals surface area contributed by atoms with Crippen molar-refractivity contribution in [3.63, 3.8) is 0 Å². The number of hydrogen-bond donors (Lipinski definition) is 1. The molecular formula is C19H23NO. The summed E-state index contributed by atoms with van der Waals surface area (Å²) < 4.78 is 5.35. The molecule has 1 aliphatic carbocycles. The molecule has 0 aliphatic heterocycles. The lowest BCUT2D eigenvalue weighted by Crippen LogP contribution is -2.36. The fraction of sp³-hybridized carbons (Fsp3) is 0.368. The first-order chi connectivity index (χ1) is 10.3. The summed E-state index contributed by atoms with van der Waals surface area (Å²) in [7, 11) is 1.70. The van der Waals surface area contributed by atoms with Gasteiger partial charge in [-0.05, 0) is 36.1 Å². The van der Waals surface area contributed by atoms with Gasteiger partial charge in [0.2, 0.25) is 0 Å². The molecule has 0 amide bonds. The van der Waals surface area contributed by atoms with Crippen molar-refractivity contribution in [1.82, 2.24) is 0 Å². The van der Waals surface area contributed by atoms with E-state index in [2.05, 4.69) is 42.5 Å². The van der Waals surface area contributed by atoms with Crippen LogP contribution in [-0.2, 0) is 5.41 Å². The van der Waals surface area contributed by atoms with Crippen LogP contribution in [0.3, 0.4) is 0 Å². The van der Waals surface area contributed by atoms with Gasteiger partial charge in [-0.15, -0.1) is 0 Å². The zero-order valence-corrected chi connectivity index (χ0v) is 12.6. The molecule has 21 heavy (non-hydrogen) atoms. The zero-order valence-electron chi connectivity index (χ0n) is 12.6. The average Bonchev–Trinajstić information content (AvgIpc) is 3.06. The SMILES string of the molecule is COc1cccc(C(N)C2(c3ccccc3)CCCC2)c1. The van der Waals surface area contributed by atoms with Crippen molar-refractivity contribution in [3.8, 4) is 5.75 Å². The van der Waals surface area contributed by atoms with Gasteiger partial charge in [-0.2, -0.15) is 0 Å². The molecule has 3 rings (SSSR count). The number of ether oxygens (including phenoxy) is 1. The normalized spacial score (nSPS) is 18.4. The second-order valence-corrected chi connectivity index (χ2v) is 5.98. The van der Waals surface area contributed by atoms with Crippen LogP contribution in [0.5, 0.6) is 5.75 Å². The molecular weight excluding hydrogens is 258 g/mol. The third kappa shape index (κ3) is 2.56. The molecule has 1 fully saturated rings. The monoisotopic (exact) mass is 281 g/mol. The quantitative estimate of drug-likeness (QED) is 0.911. The van der Waals surface area contributed by atoms with Gasteiger partial charge in [0.15, 0.2) is 0 Å². The predicted octanol–water partition coefficient (Wildman–Crippen LogP) is 4.21. The Morgan fingerprint density at radius 2 is 1.71 bits per heavy atom. The van der Waals surface area contributed by atoms with Gasteiger partial charge in [0.05, 0.1) is 7.11 Å². The maximum absolute atomic E-state index is 6.74. The van der Waals surface area contributed by atoms with Crippen LogP contribution in [0, 0.1) is 0 Å². The summed E-state index contributed by atoms with van der Waals surface area (Å²) >= 11 is 0. The summed E-state index contributed by atoms with van der Waals surface area (Å²) in [4.78, 5) is 0. The maximum Gasteiger partial charge on any atom is 0.119 e. The van der Waals surface area contributed by atoms with Crippen LogP contribution in [0.2, 0.25) is 0 Å². The van der Waals surface area contributed by atoms with E-state index in [0.29, 0.717) is 0 Å². The van der Waals surface area contributed by atoms with Crippen LogP contribution in [0.4, 0.5) is 0 Å². The standard InChI is InChI=1S/C19H23NO/c1-21-17-11-7-8-15(14-17)18(20)19(12-5-6-13-19)16-9-3-2-4-10-16/h2-4,7-11,14,18H,5-6,12-13,20H2,1H3. The van der Waals surface area contributed by atoms with E-state index >= 15 is 0 Å². The maximum atomic E-state index is 6.74. The minimum atomic E-state index is 0.0116. The van der Waals surface area contributed by atoms with Gasteiger partial charge in [0, 0.05) is 11.5 Å². The summed E-state index contributed by atoms with van der Waals surface area (Å²) in [5.41, 5.74) is 9.34. The smallest absolute Gasteiger partial charge is 0.119 e. The third-order valence-corrected chi connectivity index (χ3v) is 4.89. The van der Waals surface area contributed by atoms with Gasteiger partial charge < -0.3 is 10.5 Å². The molecule has 1 atom stereocenters. The Morgan fingerprint density at radius 3 is 2.38 bits per heavy atom. The fourth-order valence-electron chi connectivity index (χ4n) is 3.71. The third-order valence-electron chi connectivity index (χ3n) is 4.89. The summed E-state index contributed by atoms with van der Waals surface area (Å²) in [6.45, 7) is 0. The van der Waals surface area contributed by atoms with E-state index in [1.165, 1.54) is 24.0 Å². The van der Waals surface area contributed by atoms with Crippen molar-refractivity contribution < 1.29 is 4.74 Å². The Kier molecular flexibility index (Phi) is 3.98. The minimum Gasteiger partial charge on any atom is -0.497 e. The predicted molar refractivity (Wildman–Crippen MR) is 86.5 cm³/mol. The second-order valence-electron chi connectivity index (χ2n) is 5.98. The number of methoxy groups -OCH3 is 1. The molecule has 2 aromatic carbocycles. The summed E-state index contributed by atoms with van der Waals surface area (Å²) in [5, 5.41) is 0. The number of benzene rings is 2. The summed E-state index contributed by atoms with van der Waals surface area (Å²) in [6.07, 6.45) is 4.84. The Balaban J connectivity index is 2.01. The average molecular weight is 281 g/mol. The van der Waals surface area contributed by atoms with Crippen molar-refractivity contribution in [2.75, 3.05) is 7.11 Å². The van der Waals surface area contributed by atoms with E-state index in [1.54, 1.807) is 7.11 Å². The van der Waals surface area contributed by atoms with Crippen molar-refractivity contribution in [2.24, 2.45) is 5.73 Å². The van der Waals surface area contributed by atoms with Gasteiger partial charge in [0.1, 0.15) is 5.75 Å². The molecule has 0 saturated heterocycles. The van der Waals surface area contributed by atoms with Gasteiger partial charge >= 0.3 is 0 Å². The fourth-order valence-corrected chi connectivity index (χ4v) is 3.71. The molecule has 1 saturated carbocycles. The highest BCUT2D eigenvalue weighted by Crippen LogP contribution is 2.48. The first kappa shape index (κ1) is 14.2. The second kappa shape index (κ2) is 5.90. The molecule has 0 heterocycles. The Bertz CT molecular complexity index is 588. The van der Waals surface area contributed by atoms with E-state index in [9.17, 15) is 0 Å². The summed E-state index contributed by atoms with van der Waals surface area (Å²) in [5.74, 6) is 0.879. The highest BCUT2D eigenvalue weighted by atomic mass is 16.5. The molecule has 1 aliphatic rings. The molecule has 0 aromatic heterocycles. The number of rotatable bonds is 4. The molecule has 110 valence electrons. The van der Waals surface area contributed by atoms with Crippen LogP contribution < -0.4 is 10.5 Å². The molecule has 0 radical (unpaired) electrons. The lowest BCUT2D eigenvalue weighted by Gasteiger charge is -2.36. The number of nitrogens with two attached hydrogens (primary N) is 1.